The molecule has 0 atom stereocenters. The van der Waals surface area contributed by atoms with Gasteiger partial charge in [-0.25, -0.2) is 0 Å². The van der Waals surface area contributed by atoms with Crippen LogP contribution in [0.1, 0.15) is 12.5 Å². The molecule has 0 aliphatic heterocycles. The number of fused-ring (bicyclic) bond motifs is 2. The highest BCUT2D eigenvalue weighted by Gasteiger charge is 2.05. The number of rotatable bonds is 2. The van der Waals surface area contributed by atoms with Gasteiger partial charge in [0.25, 0.3) is 0 Å². The first-order chi connectivity index (χ1) is 8.90. The normalized spacial score (nSPS) is 11.6. The van der Waals surface area contributed by atoms with Crippen molar-refractivity contribution in [3.05, 3.63) is 72.3 Å². The lowest BCUT2D eigenvalue weighted by Gasteiger charge is -2.09. The lowest BCUT2D eigenvalue weighted by Crippen LogP contribution is -1.88. The van der Waals surface area contributed by atoms with Gasteiger partial charge in [0.05, 0.1) is 0 Å². The van der Waals surface area contributed by atoms with Crippen LogP contribution in [0.15, 0.2) is 66.7 Å². The number of allylic oxidation sites excluding steroid dienone is 2. The molecule has 88 valence electrons. The number of benzene rings is 3. The van der Waals surface area contributed by atoms with E-state index in [1.165, 1.54) is 27.1 Å². The van der Waals surface area contributed by atoms with Crippen molar-refractivity contribution in [1.29, 1.82) is 0 Å². The summed E-state index contributed by atoms with van der Waals surface area (Å²) < 4.78 is 0. The largest absolute Gasteiger partial charge is 0.0913 e. The van der Waals surface area contributed by atoms with Crippen molar-refractivity contribution in [3.63, 3.8) is 0 Å². The average molecular weight is 232 g/mol. The minimum Gasteiger partial charge on any atom is -0.0913 e. The Morgan fingerprint density at radius 1 is 0.833 bits per heavy atom. The molecular formula is C18H16. The maximum Gasteiger partial charge on any atom is -0.00852 e. The molecule has 0 aromatic heterocycles. The quantitative estimate of drug-likeness (QED) is 0.425. The number of hydrogen-bond acceptors (Lipinski definition) is 0. The summed E-state index contributed by atoms with van der Waals surface area (Å²) in [5.41, 5.74) is 1.43. The second-order valence-electron chi connectivity index (χ2n) is 4.57. The Morgan fingerprint density at radius 2 is 1.39 bits per heavy atom. The molecule has 0 unspecified atom stereocenters. The van der Waals surface area contributed by atoms with Gasteiger partial charge >= 0.3 is 0 Å². The average Bonchev–Trinajstić information content (AvgIpc) is 2.43. The number of hydrogen-bond donors (Lipinski definition) is 0. The van der Waals surface area contributed by atoms with E-state index in [9.17, 15) is 0 Å². The highest BCUT2D eigenvalue weighted by molar-refractivity contribution is 6.02. The van der Waals surface area contributed by atoms with E-state index < -0.39 is 0 Å². The highest BCUT2D eigenvalue weighted by atomic mass is 14.1. The molecule has 18 heavy (non-hydrogen) atoms. The zero-order valence-electron chi connectivity index (χ0n) is 10.6. The van der Waals surface area contributed by atoms with E-state index in [0.29, 0.717) is 0 Å². The van der Waals surface area contributed by atoms with Gasteiger partial charge in [-0.05, 0) is 46.5 Å². The lowest BCUT2D eigenvalue weighted by atomic mass is 9.95. The van der Waals surface area contributed by atoms with E-state index in [1.807, 2.05) is 0 Å². The minimum atomic E-state index is 0.998. The maximum absolute atomic E-state index is 2.28. The molecule has 0 aliphatic carbocycles. The zero-order valence-corrected chi connectivity index (χ0v) is 10.6. The molecule has 0 saturated carbocycles. The van der Waals surface area contributed by atoms with Crippen molar-refractivity contribution in [2.45, 2.75) is 13.3 Å². The third-order valence-corrected chi connectivity index (χ3v) is 3.44. The molecule has 0 saturated heterocycles. The van der Waals surface area contributed by atoms with Crippen LogP contribution in [-0.2, 0) is 6.42 Å². The third-order valence-electron chi connectivity index (χ3n) is 3.44. The molecule has 0 N–H and O–H groups in total. The van der Waals surface area contributed by atoms with E-state index >= 15 is 0 Å². The molecule has 0 amide bonds. The Morgan fingerprint density at radius 3 is 1.94 bits per heavy atom. The predicted octanol–water partition coefficient (Wildman–Crippen LogP) is 5.11. The van der Waals surface area contributed by atoms with Crippen LogP contribution in [0.4, 0.5) is 0 Å². The predicted molar refractivity (Wildman–Crippen MR) is 80.0 cm³/mol. The smallest absolute Gasteiger partial charge is 0.00852 e. The maximum atomic E-state index is 2.28. The van der Waals surface area contributed by atoms with E-state index in [4.69, 9.17) is 0 Å². The van der Waals surface area contributed by atoms with Crippen LogP contribution in [-0.4, -0.2) is 0 Å². The first-order valence-electron chi connectivity index (χ1n) is 6.40. The molecule has 0 heteroatoms. The summed E-state index contributed by atoms with van der Waals surface area (Å²) in [6.45, 7) is 2.08. The first kappa shape index (κ1) is 11.0. The Bertz CT molecular complexity index is 666. The fourth-order valence-electron chi connectivity index (χ4n) is 2.56. The van der Waals surface area contributed by atoms with Crippen LogP contribution in [0.25, 0.3) is 21.5 Å². The van der Waals surface area contributed by atoms with Crippen LogP contribution < -0.4 is 0 Å². The summed E-state index contributed by atoms with van der Waals surface area (Å²) >= 11 is 0. The van der Waals surface area contributed by atoms with Gasteiger partial charge in [-0.3, -0.25) is 0 Å². The minimum absolute atomic E-state index is 0.998. The first-order valence-corrected chi connectivity index (χ1v) is 6.40. The van der Waals surface area contributed by atoms with Gasteiger partial charge in [-0.1, -0.05) is 60.7 Å². The zero-order chi connectivity index (χ0) is 12.4. The van der Waals surface area contributed by atoms with Crippen molar-refractivity contribution < 1.29 is 0 Å². The molecule has 0 aliphatic rings. The monoisotopic (exact) mass is 232 g/mol. The van der Waals surface area contributed by atoms with Gasteiger partial charge in [-0.15, -0.1) is 0 Å². The van der Waals surface area contributed by atoms with Gasteiger partial charge in [0.2, 0.25) is 0 Å². The second-order valence-corrected chi connectivity index (χ2v) is 4.57. The third kappa shape index (κ3) is 1.80. The molecule has 0 fully saturated rings. The Balaban J connectivity index is 2.41. The Kier molecular flexibility index (Phi) is 2.85. The summed E-state index contributed by atoms with van der Waals surface area (Å²) in [4.78, 5) is 0. The van der Waals surface area contributed by atoms with Crippen molar-refractivity contribution >= 4 is 21.5 Å². The summed E-state index contributed by atoms with van der Waals surface area (Å²) in [6, 6.07) is 19.6. The molecule has 3 rings (SSSR count). The summed E-state index contributed by atoms with van der Waals surface area (Å²) in [6.07, 6.45) is 5.35. The molecule has 0 radical (unpaired) electrons. The van der Waals surface area contributed by atoms with E-state index in [2.05, 4.69) is 73.7 Å². The summed E-state index contributed by atoms with van der Waals surface area (Å²) in [5, 5.41) is 5.40. The summed E-state index contributed by atoms with van der Waals surface area (Å²) in [5.74, 6) is 0. The van der Waals surface area contributed by atoms with Crippen LogP contribution >= 0.6 is 0 Å². The van der Waals surface area contributed by atoms with Gasteiger partial charge in [0.15, 0.2) is 0 Å². The molecule has 0 nitrogen and oxygen atoms in total. The van der Waals surface area contributed by atoms with Crippen molar-refractivity contribution in [3.8, 4) is 0 Å². The van der Waals surface area contributed by atoms with Crippen LogP contribution in [0, 0.1) is 0 Å². The summed E-state index contributed by atoms with van der Waals surface area (Å²) in [7, 11) is 0. The Hall–Kier alpha value is -2.08. The van der Waals surface area contributed by atoms with Crippen LogP contribution in [0.2, 0.25) is 0 Å². The van der Waals surface area contributed by atoms with Crippen molar-refractivity contribution in [2.75, 3.05) is 0 Å². The SMILES string of the molecule is C/C=C/Cc1c2ccccc2cc2ccccc12. The Labute approximate surface area is 108 Å². The van der Waals surface area contributed by atoms with E-state index in [1.54, 1.807) is 0 Å². The van der Waals surface area contributed by atoms with E-state index in [0.717, 1.165) is 6.42 Å². The standard InChI is InChI=1S/C18H16/c1-2-3-10-18-16-11-6-4-8-14(16)13-15-9-5-7-12-17(15)18/h2-9,11-13H,10H2,1H3/b3-2+. The molecule has 0 bridgehead atoms. The topological polar surface area (TPSA) is 0 Å². The molecule has 3 aromatic rings. The van der Waals surface area contributed by atoms with Gasteiger partial charge < -0.3 is 0 Å². The second kappa shape index (κ2) is 4.66. The molecular weight excluding hydrogens is 216 g/mol. The van der Waals surface area contributed by atoms with Crippen molar-refractivity contribution in [2.24, 2.45) is 0 Å². The van der Waals surface area contributed by atoms with Crippen LogP contribution in [0.3, 0.4) is 0 Å². The molecule has 3 aromatic carbocycles. The van der Waals surface area contributed by atoms with Gasteiger partial charge in [-0.2, -0.15) is 0 Å². The fraction of sp³-hybridized carbons (Fsp3) is 0.111. The van der Waals surface area contributed by atoms with Gasteiger partial charge in [0.1, 0.15) is 0 Å². The van der Waals surface area contributed by atoms with Crippen LogP contribution in [0.5, 0.6) is 0 Å². The van der Waals surface area contributed by atoms with Crippen molar-refractivity contribution in [1.82, 2.24) is 0 Å². The van der Waals surface area contributed by atoms with Gasteiger partial charge in [0, 0.05) is 0 Å². The fourth-order valence-corrected chi connectivity index (χ4v) is 2.56. The lowest BCUT2D eigenvalue weighted by molar-refractivity contribution is 1.32. The molecule has 0 heterocycles. The molecule has 0 spiro atoms. The highest BCUT2D eigenvalue weighted by Crippen LogP contribution is 2.28. The van der Waals surface area contributed by atoms with E-state index in [-0.39, 0.29) is 0 Å².